The van der Waals surface area contributed by atoms with Crippen LogP contribution in [-0.2, 0) is 0 Å². The Hall–Kier alpha value is -0.550. The number of rotatable bonds is 2. The Labute approximate surface area is 137 Å². The largest absolute Gasteiger partial charge is 0.321 e. The maximum Gasteiger partial charge on any atom is 0.256 e. The topological polar surface area (TPSA) is 29.1 Å². The molecule has 0 aliphatic carbocycles. The molecule has 2 rings (SSSR count). The highest BCUT2D eigenvalue weighted by molar-refractivity contribution is 9.11. The highest BCUT2D eigenvalue weighted by Crippen LogP contribution is 2.27. The van der Waals surface area contributed by atoms with Crippen LogP contribution in [0.1, 0.15) is 10.4 Å². The van der Waals surface area contributed by atoms with Gasteiger partial charge in [0.05, 0.1) is 16.3 Å². The van der Waals surface area contributed by atoms with E-state index in [0.717, 1.165) is 4.47 Å². The Kier molecular flexibility index (Phi) is 4.90. The Morgan fingerprint density at radius 3 is 2.53 bits per heavy atom. The molecule has 0 fully saturated rings. The van der Waals surface area contributed by atoms with E-state index in [1.165, 1.54) is 0 Å². The van der Waals surface area contributed by atoms with Crippen LogP contribution in [-0.4, -0.2) is 5.91 Å². The van der Waals surface area contributed by atoms with E-state index in [1.807, 2.05) is 6.07 Å². The highest BCUT2D eigenvalue weighted by Gasteiger charge is 2.12. The van der Waals surface area contributed by atoms with Gasteiger partial charge in [-0.3, -0.25) is 4.79 Å². The SMILES string of the molecule is O=C(Nc1cc(Cl)ccc1Cl)c1cc(Br)ccc1Br. The third-order valence-electron chi connectivity index (χ3n) is 2.35. The number of amides is 1. The molecule has 0 radical (unpaired) electrons. The lowest BCUT2D eigenvalue weighted by Crippen LogP contribution is -2.13. The number of hydrogen-bond acceptors (Lipinski definition) is 1. The first-order valence-electron chi connectivity index (χ1n) is 5.19. The lowest BCUT2D eigenvalue weighted by molar-refractivity contribution is 0.102. The number of halogens is 4. The van der Waals surface area contributed by atoms with E-state index < -0.39 is 0 Å². The molecule has 2 aromatic carbocycles. The summed E-state index contributed by atoms with van der Waals surface area (Å²) in [6, 6.07) is 10.3. The van der Waals surface area contributed by atoms with Crippen molar-refractivity contribution in [3.63, 3.8) is 0 Å². The summed E-state index contributed by atoms with van der Waals surface area (Å²) in [6.07, 6.45) is 0. The van der Waals surface area contributed by atoms with Gasteiger partial charge < -0.3 is 5.32 Å². The Morgan fingerprint density at radius 1 is 1.05 bits per heavy atom. The first kappa shape index (κ1) is 14.9. The molecule has 0 heterocycles. The fourth-order valence-corrected chi connectivity index (χ4v) is 2.58. The molecule has 0 bridgehead atoms. The van der Waals surface area contributed by atoms with Crippen LogP contribution in [0.15, 0.2) is 45.3 Å². The second-order valence-corrected chi connectivity index (χ2v) is 6.32. The van der Waals surface area contributed by atoms with Gasteiger partial charge in [-0.2, -0.15) is 0 Å². The highest BCUT2D eigenvalue weighted by atomic mass is 79.9. The molecule has 19 heavy (non-hydrogen) atoms. The molecule has 0 spiro atoms. The number of carbonyl (C=O) groups is 1. The molecule has 0 unspecified atom stereocenters. The predicted molar refractivity (Wildman–Crippen MR) is 86.3 cm³/mol. The van der Waals surface area contributed by atoms with Gasteiger partial charge in [0.25, 0.3) is 5.91 Å². The quantitative estimate of drug-likeness (QED) is 0.652. The van der Waals surface area contributed by atoms with Crippen molar-refractivity contribution in [2.24, 2.45) is 0 Å². The van der Waals surface area contributed by atoms with Gasteiger partial charge in [-0.15, -0.1) is 0 Å². The summed E-state index contributed by atoms with van der Waals surface area (Å²) in [7, 11) is 0. The molecule has 0 atom stereocenters. The maximum absolute atomic E-state index is 12.2. The summed E-state index contributed by atoms with van der Waals surface area (Å²) in [5, 5.41) is 3.67. The van der Waals surface area contributed by atoms with Crippen LogP contribution < -0.4 is 5.32 Å². The van der Waals surface area contributed by atoms with E-state index in [1.54, 1.807) is 30.3 Å². The fraction of sp³-hybridized carbons (Fsp3) is 0. The molecule has 0 saturated carbocycles. The summed E-state index contributed by atoms with van der Waals surface area (Å²) in [4.78, 5) is 12.2. The second-order valence-electron chi connectivity index (χ2n) is 3.70. The molecular formula is C13H7Br2Cl2NO. The lowest BCUT2D eigenvalue weighted by atomic mass is 10.2. The average Bonchev–Trinajstić information content (AvgIpc) is 2.36. The smallest absolute Gasteiger partial charge is 0.256 e. The minimum absolute atomic E-state index is 0.266. The fourth-order valence-electron chi connectivity index (χ4n) is 1.45. The van der Waals surface area contributed by atoms with Crippen molar-refractivity contribution in [2.75, 3.05) is 5.32 Å². The number of benzene rings is 2. The van der Waals surface area contributed by atoms with Crippen LogP contribution in [0.25, 0.3) is 0 Å². The van der Waals surface area contributed by atoms with E-state index in [4.69, 9.17) is 23.2 Å². The Bertz CT molecular complexity index is 647. The van der Waals surface area contributed by atoms with E-state index in [9.17, 15) is 4.79 Å². The molecule has 1 amide bonds. The van der Waals surface area contributed by atoms with Crippen molar-refractivity contribution in [1.29, 1.82) is 0 Å². The first-order chi connectivity index (χ1) is 8.97. The Balaban J connectivity index is 2.30. The van der Waals surface area contributed by atoms with Crippen LogP contribution in [0.5, 0.6) is 0 Å². The molecule has 2 aromatic rings. The van der Waals surface area contributed by atoms with E-state index in [-0.39, 0.29) is 5.91 Å². The van der Waals surface area contributed by atoms with Crippen molar-refractivity contribution in [2.45, 2.75) is 0 Å². The summed E-state index contributed by atoms with van der Waals surface area (Å²) < 4.78 is 1.52. The van der Waals surface area contributed by atoms with Gasteiger partial charge in [-0.1, -0.05) is 39.1 Å². The third kappa shape index (κ3) is 3.72. The van der Waals surface area contributed by atoms with E-state index >= 15 is 0 Å². The second kappa shape index (κ2) is 6.27. The molecule has 2 nitrogen and oxygen atoms in total. The zero-order valence-electron chi connectivity index (χ0n) is 9.38. The van der Waals surface area contributed by atoms with Gasteiger partial charge in [0.15, 0.2) is 0 Å². The number of nitrogens with one attached hydrogen (secondary N) is 1. The van der Waals surface area contributed by atoms with Crippen LogP contribution >= 0.6 is 55.1 Å². The van der Waals surface area contributed by atoms with E-state index in [0.29, 0.717) is 25.8 Å². The van der Waals surface area contributed by atoms with Crippen LogP contribution in [0.3, 0.4) is 0 Å². The average molecular weight is 424 g/mol. The summed E-state index contributed by atoms with van der Waals surface area (Å²) in [6.45, 7) is 0. The van der Waals surface area contributed by atoms with Crippen molar-refractivity contribution < 1.29 is 4.79 Å². The number of carbonyl (C=O) groups excluding carboxylic acids is 1. The molecule has 98 valence electrons. The van der Waals surface area contributed by atoms with Gasteiger partial charge in [0.1, 0.15) is 0 Å². The van der Waals surface area contributed by atoms with Gasteiger partial charge in [-0.25, -0.2) is 0 Å². The van der Waals surface area contributed by atoms with Gasteiger partial charge in [0.2, 0.25) is 0 Å². The van der Waals surface area contributed by atoms with Crippen LogP contribution in [0, 0.1) is 0 Å². The van der Waals surface area contributed by atoms with Gasteiger partial charge >= 0.3 is 0 Å². The monoisotopic (exact) mass is 421 g/mol. The van der Waals surface area contributed by atoms with Crippen molar-refractivity contribution >= 4 is 66.7 Å². The molecular weight excluding hydrogens is 417 g/mol. The van der Waals surface area contributed by atoms with Gasteiger partial charge in [-0.05, 0) is 52.3 Å². The predicted octanol–water partition coefficient (Wildman–Crippen LogP) is 5.77. The molecule has 0 aliphatic rings. The maximum atomic E-state index is 12.2. The zero-order chi connectivity index (χ0) is 14.0. The minimum Gasteiger partial charge on any atom is -0.321 e. The van der Waals surface area contributed by atoms with E-state index in [2.05, 4.69) is 37.2 Å². The van der Waals surface area contributed by atoms with Crippen LogP contribution in [0.2, 0.25) is 10.0 Å². The van der Waals surface area contributed by atoms with Crippen molar-refractivity contribution in [3.05, 3.63) is 61.0 Å². The van der Waals surface area contributed by atoms with Crippen molar-refractivity contribution in [3.8, 4) is 0 Å². The number of anilines is 1. The zero-order valence-corrected chi connectivity index (χ0v) is 14.1. The lowest BCUT2D eigenvalue weighted by Gasteiger charge is -2.09. The Morgan fingerprint density at radius 2 is 1.79 bits per heavy atom. The van der Waals surface area contributed by atoms with Crippen molar-refractivity contribution in [1.82, 2.24) is 0 Å². The molecule has 1 N–H and O–H groups in total. The molecule has 0 aliphatic heterocycles. The standard InChI is InChI=1S/C13H7Br2Cl2NO/c14-7-1-3-10(15)9(5-7)13(19)18-12-6-8(16)2-4-11(12)17/h1-6H,(H,18,19). The normalized spacial score (nSPS) is 10.3. The molecule has 0 aromatic heterocycles. The summed E-state index contributed by atoms with van der Waals surface area (Å²) in [5.74, 6) is -0.266. The third-order valence-corrected chi connectivity index (χ3v) is 4.10. The number of hydrogen-bond donors (Lipinski definition) is 1. The molecule has 0 saturated heterocycles. The van der Waals surface area contributed by atoms with Gasteiger partial charge in [0, 0.05) is 14.0 Å². The summed E-state index contributed by atoms with van der Waals surface area (Å²) in [5.41, 5.74) is 0.983. The molecule has 6 heteroatoms. The summed E-state index contributed by atoms with van der Waals surface area (Å²) >= 11 is 18.5. The first-order valence-corrected chi connectivity index (χ1v) is 7.53. The minimum atomic E-state index is -0.266. The van der Waals surface area contributed by atoms with Crippen LogP contribution in [0.4, 0.5) is 5.69 Å².